The Bertz CT molecular complexity index is 710. The van der Waals surface area contributed by atoms with E-state index < -0.39 is 0 Å². The van der Waals surface area contributed by atoms with Crippen LogP contribution in [0.25, 0.3) is 0 Å². The summed E-state index contributed by atoms with van der Waals surface area (Å²) in [5.74, 6) is 1.18. The summed E-state index contributed by atoms with van der Waals surface area (Å²) in [5.41, 5.74) is 0.920. The summed E-state index contributed by atoms with van der Waals surface area (Å²) in [5, 5.41) is 11.2. The highest BCUT2D eigenvalue weighted by Crippen LogP contribution is 2.25. The highest BCUT2D eigenvalue weighted by atomic mass is 16.5. The number of hydrogen-bond donors (Lipinski definition) is 1. The smallest absolute Gasteiger partial charge is 0.276 e. The minimum absolute atomic E-state index is 0.0293. The van der Waals surface area contributed by atoms with Crippen LogP contribution in [0.1, 0.15) is 43.6 Å². The third-order valence-electron chi connectivity index (χ3n) is 4.06. The number of hydrogen-bond acceptors (Lipinski definition) is 5. The summed E-state index contributed by atoms with van der Waals surface area (Å²) in [6, 6.07) is 11.0. The van der Waals surface area contributed by atoms with Crippen LogP contribution in [0.5, 0.6) is 5.75 Å². The van der Waals surface area contributed by atoms with Gasteiger partial charge in [0, 0.05) is 13.1 Å². The summed E-state index contributed by atoms with van der Waals surface area (Å²) in [6.07, 6.45) is 3.65. The van der Waals surface area contributed by atoms with Crippen molar-refractivity contribution in [2.45, 2.75) is 39.2 Å². The Hall–Kier alpha value is -2.63. The van der Waals surface area contributed by atoms with Crippen LogP contribution in [-0.2, 0) is 0 Å². The average Bonchev–Trinajstić information content (AvgIpc) is 2.64. The Morgan fingerprint density at radius 1 is 1.08 bits per heavy atom. The van der Waals surface area contributed by atoms with Gasteiger partial charge in [0.05, 0.1) is 11.8 Å². The van der Waals surface area contributed by atoms with E-state index in [1.54, 1.807) is 6.07 Å². The van der Waals surface area contributed by atoms with E-state index >= 15 is 0 Å². The van der Waals surface area contributed by atoms with Crippen molar-refractivity contribution in [3.05, 3.63) is 42.1 Å². The molecule has 0 saturated carbocycles. The van der Waals surface area contributed by atoms with Crippen molar-refractivity contribution in [3.8, 4) is 5.75 Å². The van der Waals surface area contributed by atoms with Crippen LogP contribution in [0.2, 0.25) is 0 Å². The minimum Gasteiger partial charge on any atom is -0.489 e. The van der Waals surface area contributed by atoms with Gasteiger partial charge in [0.1, 0.15) is 5.75 Å². The first-order valence-electron chi connectivity index (χ1n) is 8.79. The molecular weight excluding hydrogens is 316 g/mol. The second-order valence-corrected chi connectivity index (χ2v) is 6.44. The van der Waals surface area contributed by atoms with E-state index in [1.165, 1.54) is 19.3 Å². The maximum Gasteiger partial charge on any atom is 0.276 e. The number of aromatic nitrogens is 2. The van der Waals surface area contributed by atoms with Gasteiger partial charge in [-0.05, 0) is 57.4 Å². The molecule has 1 aliphatic heterocycles. The molecule has 0 bridgehead atoms. The lowest BCUT2D eigenvalue weighted by atomic mass is 10.1. The van der Waals surface area contributed by atoms with Gasteiger partial charge in [0.2, 0.25) is 0 Å². The molecule has 0 aliphatic carbocycles. The number of ether oxygens (including phenoxy) is 1. The number of nitrogens with one attached hydrogen (secondary N) is 1. The van der Waals surface area contributed by atoms with E-state index in [-0.39, 0.29) is 12.0 Å². The van der Waals surface area contributed by atoms with E-state index in [9.17, 15) is 4.79 Å². The molecule has 25 heavy (non-hydrogen) atoms. The summed E-state index contributed by atoms with van der Waals surface area (Å²) in [6.45, 7) is 5.90. The molecule has 3 rings (SSSR count). The van der Waals surface area contributed by atoms with Gasteiger partial charge in [-0.2, -0.15) is 0 Å². The lowest BCUT2D eigenvalue weighted by Gasteiger charge is -2.27. The van der Waals surface area contributed by atoms with Crippen LogP contribution in [0, 0.1) is 0 Å². The largest absolute Gasteiger partial charge is 0.489 e. The van der Waals surface area contributed by atoms with Gasteiger partial charge in [0.15, 0.2) is 11.5 Å². The normalized spacial score (nSPS) is 14.4. The quantitative estimate of drug-likeness (QED) is 0.902. The maximum atomic E-state index is 12.5. The Morgan fingerprint density at radius 3 is 2.52 bits per heavy atom. The Morgan fingerprint density at radius 2 is 1.84 bits per heavy atom. The molecule has 0 radical (unpaired) electrons. The number of benzene rings is 1. The predicted molar refractivity (Wildman–Crippen MR) is 98.3 cm³/mol. The third-order valence-corrected chi connectivity index (χ3v) is 4.06. The van der Waals surface area contributed by atoms with Crippen molar-refractivity contribution >= 4 is 17.4 Å². The van der Waals surface area contributed by atoms with Crippen molar-refractivity contribution in [1.29, 1.82) is 0 Å². The van der Waals surface area contributed by atoms with E-state index in [0.29, 0.717) is 17.1 Å². The van der Waals surface area contributed by atoms with E-state index in [4.69, 9.17) is 4.74 Å². The second kappa shape index (κ2) is 7.96. The number of carbonyl (C=O) groups excluding carboxylic acids is 1. The summed E-state index contributed by atoms with van der Waals surface area (Å²) in [7, 11) is 0. The fourth-order valence-corrected chi connectivity index (χ4v) is 2.85. The van der Waals surface area contributed by atoms with Crippen LogP contribution >= 0.6 is 0 Å². The van der Waals surface area contributed by atoms with Crippen molar-refractivity contribution in [2.24, 2.45) is 0 Å². The summed E-state index contributed by atoms with van der Waals surface area (Å²) >= 11 is 0. The molecule has 1 saturated heterocycles. The van der Waals surface area contributed by atoms with Crippen LogP contribution < -0.4 is 15.0 Å². The zero-order chi connectivity index (χ0) is 17.6. The van der Waals surface area contributed by atoms with Gasteiger partial charge in [-0.1, -0.05) is 12.1 Å². The highest BCUT2D eigenvalue weighted by molar-refractivity contribution is 6.03. The van der Waals surface area contributed by atoms with Crippen LogP contribution in [-0.4, -0.2) is 35.3 Å². The molecule has 132 valence electrons. The maximum absolute atomic E-state index is 12.5. The molecule has 1 aliphatic rings. The van der Waals surface area contributed by atoms with Crippen LogP contribution in [0.3, 0.4) is 0 Å². The number of rotatable bonds is 5. The molecule has 1 fully saturated rings. The number of nitrogens with zero attached hydrogens (tertiary/aromatic N) is 3. The zero-order valence-corrected chi connectivity index (χ0v) is 14.7. The van der Waals surface area contributed by atoms with E-state index in [2.05, 4.69) is 20.4 Å². The SMILES string of the molecule is CC(C)Oc1ccccc1NC(=O)c1ccc(N2CCCCC2)nn1. The first-order chi connectivity index (χ1) is 12.1. The summed E-state index contributed by atoms with van der Waals surface area (Å²) < 4.78 is 5.72. The molecule has 1 aromatic heterocycles. The molecule has 0 spiro atoms. The molecule has 1 amide bonds. The van der Waals surface area contributed by atoms with Gasteiger partial charge in [0.25, 0.3) is 5.91 Å². The lowest BCUT2D eigenvalue weighted by molar-refractivity contribution is 0.102. The summed E-state index contributed by atoms with van der Waals surface area (Å²) in [4.78, 5) is 14.7. The number of para-hydroxylation sites is 2. The highest BCUT2D eigenvalue weighted by Gasteiger charge is 2.15. The topological polar surface area (TPSA) is 67.3 Å². The zero-order valence-electron chi connectivity index (χ0n) is 14.7. The molecule has 0 atom stereocenters. The monoisotopic (exact) mass is 340 g/mol. The first-order valence-corrected chi connectivity index (χ1v) is 8.79. The fourth-order valence-electron chi connectivity index (χ4n) is 2.85. The second-order valence-electron chi connectivity index (χ2n) is 6.44. The third kappa shape index (κ3) is 4.47. The van der Waals surface area contributed by atoms with E-state index in [1.807, 2.05) is 44.2 Å². The van der Waals surface area contributed by atoms with Gasteiger partial charge >= 0.3 is 0 Å². The molecule has 0 unspecified atom stereocenters. The predicted octanol–water partition coefficient (Wildman–Crippen LogP) is 3.51. The fraction of sp³-hybridized carbons (Fsp3) is 0.421. The Balaban J connectivity index is 1.69. The van der Waals surface area contributed by atoms with Gasteiger partial charge in [-0.15, -0.1) is 10.2 Å². The van der Waals surface area contributed by atoms with Crippen molar-refractivity contribution in [1.82, 2.24) is 10.2 Å². The lowest BCUT2D eigenvalue weighted by Crippen LogP contribution is -2.30. The number of carbonyl (C=O) groups is 1. The molecule has 6 heteroatoms. The van der Waals surface area contributed by atoms with Crippen LogP contribution in [0.4, 0.5) is 11.5 Å². The molecule has 1 N–H and O–H groups in total. The molecule has 2 heterocycles. The van der Waals surface area contributed by atoms with Gasteiger partial charge in [-0.3, -0.25) is 4.79 Å². The molecule has 6 nitrogen and oxygen atoms in total. The minimum atomic E-state index is -0.294. The Labute approximate surface area is 148 Å². The standard InChI is InChI=1S/C19H24N4O2/c1-14(2)25-17-9-5-4-8-15(17)20-19(24)16-10-11-18(22-21-16)23-12-6-3-7-13-23/h4-5,8-11,14H,3,6-7,12-13H2,1-2H3,(H,20,24). The first kappa shape index (κ1) is 17.2. The number of anilines is 2. The molecule has 2 aromatic rings. The molecule has 1 aromatic carbocycles. The van der Waals surface area contributed by atoms with Gasteiger partial charge < -0.3 is 15.0 Å². The number of amides is 1. The Kier molecular flexibility index (Phi) is 5.48. The van der Waals surface area contributed by atoms with Crippen molar-refractivity contribution in [3.63, 3.8) is 0 Å². The van der Waals surface area contributed by atoms with E-state index in [0.717, 1.165) is 18.9 Å². The van der Waals surface area contributed by atoms with Crippen molar-refractivity contribution < 1.29 is 9.53 Å². The number of piperidine rings is 1. The molecular formula is C19H24N4O2. The van der Waals surface area contributed by atoms with Crippen molar-refractivity contribution in [2.75, 3.05) is 23.3 Å². The van der Waals surface area contributed by atoms with Crippen LogP contribution in [0.15, 0.2) is 36.4 Å². The average molecular weight is 340 g/mol. The van der Waals surface area contributed by atoms with Gasteiger partial charge in [-0.25, -0.2) is 0 Å².